The number of hydrogen-bond donors (Lipinski definition) is 0. The zero-order chi connectivity index (χ0) is 12.3. The molecule has 0 spiro atoms. The van der Waals surface area contributed by atoms with E-state index >= 15 is 0 Å². The van der Waals surface area contributed by atoms with Gasteiger partial charge in [-0.3, -0.25) is 9.69 Å². The van der Waals surface area contributed by atoms with Gasteiger partial charge in [-0.2, -0.15) is 0 Å². The first kappa shape index (κ1) is 13.5. The van der Waals surface area contributed by atoms with Gasteiger partial charge in [0.25, 0.3) is 0 Å². The highest BCUT2D eigenvalue weighted by Crippen LogP contribution is 2.24. The predicted octanol–water partition coefficient (Wildman–Crippen LogP) is 2.12. The van der Waals surface area contributed by atoms with E-state index in [4.69, 9.17) is 0 Å². The summed E-state index contributed by atoms with van der Waals surface area (Å²) in [5.41, 5.74) is -0.397. The summed E-state index contributed by atoms with van der Waals surface area (Å²) >= 11 is 0. The van der Waals surface area contributed by atoms with E-state index in [1.807, 2.05) is 44.8 Å². The van der Waals surface area contributed by atoms with E-state index in [9.17, 15) is 4.79 Å². The van der Waals surface area contributed by atoms with Crippen molar-refractivity contribution in [3.05, 3.63) is 0 Å². The van der Waals surface area contributed by atoms with Crippen LogP contribution in [0.1, 0.15) is 46.0 Å². The van der Waals surface area contributed by atoms with E-state index in [-0.39, 0.29) is 5.91 Å². The fourth-order valence-corrected chi connectivity index (χ4v) is 2.26. The Morgan fingerprint density at radius 1 is 1.06 bits per heavy atom. The molecular weight excluding hydrogens is 200 g/mol. The molecule has 3 heteroatoms. The summed E-state index contributed by atoms with van der Waals surface area (Å²) < 4.78 is 0. The molecular formula is C13H26N2O. The van der Waals surface area contributed by atoms with Gasteiger partial charge in [-0.15, -0.1) is 0 Å². The first-order valence-electron chi connectivity index (χ1n) is 6.32. The quantitative estimate of drug-likeness (QED) is 0.736. The number of hydrogen-bond acceptors (Lipinski definition) is 2. The van der Waals surface area contributed by atoms with Gasteiger partial charge in [-0.25, -0.2) is 0 Å². The molecule has 0 aliphatic heterocycles. The molecule has 0 saturated heterocycles. The molecule has 0 radical (unpaired) electrons. The van der Waals surface area contributed by atoms with Crippen LogP contribution in [0.4, 0.5) is 0 Å². The Hall–Kier alpha value is -0.570. The molecule has 0 atom stereocenters. The van der Waals surface area contributed by atoms with Crippen molar-refractivity contribution < 1.29 is 4.79 Å². The zero-order valence-corrected chi connectivity index (χ0v) is 11.4. The van der Waals surface area contributed by atoms with Crippen molar-refractivity contribution >= 4 is 5.91 Å². The highest BCUT2D eigenvalue weighted by atomic mass is 16.2. The molecule has 1 amide bonds. The fourth-order valence-electron chi connectivity index (χ4n) is 2.26. The van der Waals surface area contributed by atoms with Gasteiger partial charge in [-0.05, 0) is 40.8 Å². The summed E-state index contributed by atoms with van der Waals surface area (Å²) in [4.78, 5) is 16.4. The van der Waals surface area contributed by atoms with Crippen LogP contribution in [0, 0.1) is 0 Å². The van der Waals surface area contributed by atoms with E-state index in [2.05, 4.69) is 0 Å². The van der Waals surface area contributed by atoms with Gasteiger partial charge in [0.05, 0.1) is 5.54 Å². The molecule has 0 aromatic heterocycles. The summed E-state index contributed by atoms with van der Waals surface area (Å²) in [6.07, 6.45) is 6.21. The lowest BCUT2D eigenvalue weighted by molar-refractivity contribution is -0.142. The van der Waals surface area contributed by atoms with Crippen LogP contribution in [0.15, 0.2) is 0 Å². The van der Waals surface area contributed by atoms with Crippen molar-refractivity contribution in [2.45, 2.75) is 57.5 Å². The van der Waals surface area contributed by atoms with Crippen LogP contribution in [-0.4, -0.2) is 48.4 Å². The van der Waals surface area contributed by atoms with Gasteiger partial charge < -0.3 is 4.90 Å². The summed E-state index contributed by atoms with van der Waals surface area (Å²) in [6.45, 7) is 3.99. The average molecular weight is 226 g/mol. The molecule has 0 heterocycles. The number of amides is 1. The van der Waals surface area contributed by atoms with Crippen LogP contribution in [0.2, 0.25) is 0 Å². The van der Waals surface area contributed by atoms with Crippen molar-refractivity contribution in [3.8, 4) is 0 Å². The number of carbonyl (C=O) groups excluding carboxylic acids is 1. The summed E-state index contributed by atoms with van der Waals surface area (Å²) in [7, 11) is 5.89. The molecule has 16 heavy (non-hydrogen) atoms. The Balaban J connectivity index is 2.65. The maximum atomic E-state index is 12.4. The zero-order valence-electron chi connectivity index (χ0n) is 11.4. The Morgan fingerprint density at radius 2 is 1.56 bits per heavy atom. The lowest BCUT2D eigenvalue weighted by Crippen LogP contribution is -2.55. The van der Waals surface area contributed by atoms with Gasteiger partial charge in [0.15, 0.2) is 0 Å². The SMILES string of the molecule is CN(C(=O)C(C)(C)N(C)C)C1CCCCC1. The van der Waals surface area contributed by atoms with Crippen molar-refractivity contribution in [1.82, 2.24) is 9.80 Å². The van der Waals surface area contributed by atoms with Crippen molar-refractivity contribution in [2.75, 3.05) is 21.1 Å². The van der Waals surface area contributed by atoms with Crippen LogP contribution in [-0.2, 0) is 4.79 Å². The molecule has 3 nitrogen and oxygen atoms in total. The van der Waals surface area contributed by atoms with Gasteiger partial charge in [-0.1, -0.05) is 19.3 Å². The molecule has 94 valence electrons. The third-order valence-electron chi connectivity index (χ3n) is 4.08. The van der Waals surface area contributed by atoms with Gasteiger partial charge in [0.1, 0.15) is 0 Å². The third kappa shape index (κ3) is 2.76. The van der Waals surface area contributed by atoms with Gasteiger partial charge >= 0.3 is 0 Å². The lowest BCUT2D eigenvalue weighted by atomic mass is 9.92. The van der Waals surface area contributed by atoms with Crippen molar-refractivity contribution in [2.24, 2.45) is 0 Å². The molecule has 1 aliphatic rings. The molecule has 1 rings (SSSR count). The molecule has 0 aromatic rings. The fraction of sp³-hybridized carbons (Fsp3) is 0.923. The van der Waals surface area contributed by atoms with E-state index < -0.39 is 5.54 Å². The van der Waals surface area contributed by atoms with E-state index in [0.717, 1.165) is 0 Å². The van der Waals surface area contributed by atoms with Gasteiger partial charge in [0.2, 0.25) is 5.91 Å². The molecule has 1 fully saturated rings. The predicted molar refractivity (Wildman–Crippen MR) is 67.4 cm³/mol. The van der Waals surface area contributed by atoms with Crippen LogP contribution in [0.25, 0.3) is 0 Å². The van der Waals surface area contributed by atoms with Crippen molar-refractivity contribution in [1.29, 1.82) is 0 Å². The third-order valence-corrected chi connectivity index (χ3v) is 4.08. The first-order chi connectivity index (χ1) is 7.37. The molecule has 0 N–H and O–H groups in total. The van der Waals surface area contributed by atoms with E-state index in [0.29, 0.717) is 6.04 Å². The van der Waals surface area contributed by atoms with E-state index in [1.54, 1.807) is 0 Å². The highest BCUT2D eigenvalue weighted by molar-refractivity contribution is 5.85. The molecule has 0 unspecified atom stereocenters. The smallest absolute Gasteiger partial charge is 0.242 e. The van der Waals surface area contributed by atoms with Crippen LogP contribution in [0.5, 0.6) is 0 Å². The van der Waals surface area contributed by atoms with Crippen molar-refractivity contribution in [3.63, 3.8) is 0 Å². The Bertz CT molecular complexity index is 242. The lowest BCUT2D eigenvalue weighted by Gasteiger charge is -2.39. The first-order valence-corrected chi connectivity index (χ1v) is 6.32. The van der Waals surface area contributed by atoms with Gasteiger partial charge in [0, 0.05) is 13.1 Å². The Labute approximate surface area is 99.8 Å². The maximum absolute atomic E-state index is 12.4. The Morgan fingerprint density at radius 3 is 2.00 bits per heavy atom. The summed E-state index contributed by atoms with van der Waals surface area (Å²) in [5.74, 6) is 0.240. The molecule has 0 bridgehead atoms. The topological polar surface area (TPSA) is 23.6 Å². The number of likely N-dealkylation sites (N-methyl/N-ethyl adjacent to an activating group) is 2. The minimum absolute atomic E-state index is 0.240. The minimum Gasteiger partial charge on any atom is -0.341 e. The maximum Gasteiger partial charge on any atom is 0.242 e. The molecule has 0 aromatic carbocycles. The standard InChI is InChI=1S/C13H26N2O/c1-13(2,14(3)4)12(16)15(5)11-9-7-6-8-10-11/h11H,6-10H2,1-5H3. The van der Waals surface area contributed by atoms with Crippen LogP contribution in [0.3, 0.4) is 0 Å². The highest BCUT2D eigenvalue weighted by Gasteiger charge is 2.35. The monoisotopic (exact) mass is 226 g/mol. The largest absolute Gasteiger partial charge is 0.341 e. The normalized spacial score (nSPS) is 18.9. The molecule has 1 saturated carbocycles. The second-order valence-corrected chi connectivity index (χ2v) is 5.66. The van der Waals surface area contributed by atoms with Crippen LogP contribution >= 0.6 is 0 Å². The minimum atomic E-state index is -0.397. The second kappa shape index (κ2) is 5.17. The summed E-state index contributed by atoms with van der Waals surface area (Å²) in [6, 6.07) is 0.459. The number of carbonyl (C=O) groups is 1. The van der Waals surface area contributed by atoms with Crippen LogP contribution < -0.4 is 0 Å². The molecule has 1 aliphatic carbocycles. The average Bonchev–Trinajstić information content (AvgIpc) is 2.28. The summed E-state index contributed by atoms with van der Waals surface area (Å²) in [5, 5.41) is 0. The number of rotatable bonds is 3. The number of nitrogens with zero attached hydrogens (tertiary/aromatic N) is 2. The van der Waals surface area contributed by atoms with E-state index in [1.165, 1.54) is 32.1 Å². The Kier molecular flexibility index (Phi) is 4.36. The second-order valence-electron chi connectivity index (χ2n) is 5.66.